The fourth-order valence-corrected chi connectivity index (χ4v) is 3.47. The van der Waals surface area contributed by atoms with E-state index in [-0.39, 0.29) is 0 Å². The predicted octanol–water partition coefficient (Wildman–Crippen LogP) is 3.41. The Morgan fingerprint density at radius 3 is 2.82 bits per heavy atom. The molecule has 0 aliphatic heterocycles. The van der Waals surface area contributed by atoms with Gasteiger partial charge in [0.1, 0.15) is 0 Å². The van der Waals surface area contributed by atoms with Crippen molar-refractivity contribution >= 4 is 0 Å². The number of benzene rings is 1. The highest BCUT2D eigenvalue weighted by atomic mass is 14.6. The molecule has 1 saturated carbocycles. The van der Waals surface area contributed by atoms with Crippen molar-refractivity contribution in [3.05, 3.63) is 35.4 Å². The molecule has 2 N–H and O–H groups in total. The maximum absolute atomic E-state index is 6.16. The first-order valence-electron chi connectivity index (χ1n) is 7.12. The Labute approximate surface area is 104 Å². The molecule has 0 saturated heterocycles. The number of nitrogens with two attached hydrogens (primary N) is 1. The fraction of sp³-hybridized carbons (Fsp3) is 0.625. The van der Waals surface area contributed by atoms with Crippen LogP contribution >= 0.6 is 0 Å². The summed E-state index contributed by atoms with van der Waals surface area (Å²) in [4.78, 5) is 0. The molecule has 0 aromatic heterocycles. The number of hydrogen-bond donors (Lipinski definition) is 1. The van der Waals surface area contributed by atoms with E-state index in [0.717, 1.165) is 12.5 Å². The maximum Gasteiger partial charge on any atom is 0.00785 e. The Balaban J connectivity index is 1.87. The van der Waals surface area contributed by atoms with E-state index in [9.17, 15) is 0 Å². The lowest BCUT2D eigenvalue weighted by atomic mass is 9.67. The maximum atomic E-state index is 6.16. The molecule has 0 heterocycles. The molecule has 2 aliphatic carbocycles. The van der Waals surface area contributed by atoms with Crippen LogP contribution in [-0.2, 0) is 11.8 Å². The van der Waals surface area contributed by atoms with Crippen molar-refractivity contribution < 1.29 is 0 Å². The molecular formula is C16H23N. The first kappa shape index (κ1) is 11.3. The van der Waals surface area contributed by atoms with Crippen LogP contribution in [0.2, 0.25) is 0 Å². The van der Waals surface area contributed by atoms with E-state index in [1.165, 1.54) is 44.9 Å². The van der Waals surface area contributed by atoms with Gasteiger partial charge in [0, 0.05) is 12.0 Å². The lowest BCUT2D eigenvalue weighted by Crippen LogP contribution is -2.38. The van der Waals surface area contributed by atoms with E-state index in [1.807, 2.05) is 0 Å². The standard InChI is InChI=1S/C16H23N/c17-12-16(11-9-13-7-8-13)10-3-5-14-4-1-2-6-15(14)16/h1-2,4,6,13H,3,5,7-12,17H2. The lowest BCUT2D eigenvalue weighted by Gasteiger charge is -2.38. The summed E-state index contributed by atoms with van der Waals surface area (Å²) in [6.07, 6.45) is 9.49. The second kappa shape index (κ2) is 4.45. The van der Waals surface area contributed by atoms with Crippen LogP contribution in [-0.4, -0.2) is 6.54 Å². The van der Waals surface area contributed by atoms with Crippen LogP contribution < -0.4 is 5.73 Å². The first-order chi connectivity index (χ1) is 8.34. The van der Waals surface area contributed by atoms with Crippen LogP contribution in [0, 0.1) is 5.92 Å². The minimum atomic E-state index is 0.303. The summed E-state index contributed by atoms with van der Waals surface area (Å²) in [6.45, 7) is 0.830. The fourth-order valence-electron chi connectivity index (χ4n) is 3.47. The van der Waals surface area contributed by atoms with Gasteiger partial charge in [-0.15, -0.1) is 0 Å². The van der Waals surface area contributed by atoms with Crippen molar-refractivity contribution in [3.8, 4) is 0 Å². The largest absolute Gasteiger partial charge is 0.330 e. The second-order valence-electron chi connectivity index (χ2n) is 5.98. The van der Waals surface area contributed by atoms with Crippen LogP contribution in [0.25, 0.3) is 0 Å². The average molecular weight is 229 g/mol. The summed E-state index contributed by atoms with van der Waals surface area (Å²) in [7, 11) is 0. The molecule has 1 nitrogen and oxygen atoms in total. The third kappa shape index (κ3) is 2.13. The molecule has 1 atom stereocenters. The summed E-state index contributed by atoms with van der Waals surface area (Å²) in [6, 6.07) is 8.99. The van der Waals surface area contributed by atoms with Gasteiger partial charge in [0.2, 0.25) is 0 Å². The van der Waals surface area contributed by atoms with Gasteiger partial charge in [-0.25, -0.2) is 0 Å². The SMILES string of the molecule is NCC1(CCC2CC2)CCCc2ccccc21. The van der Waals surface area contributed by atoms with Gasteiger partial charge in [-0.3, -0.25) is 0 Å². The molecule has 1 heteroatoms. The highest BCUT2D eigenvalue weighted by molar-refractivity contribution is 5.37. The molecular weight excluding hydrogens is 206 g/mol. The summed E-state index contributed by atoms with van der Waals surface area (Å²) in [5.41, 5.74) is 9.58. The summed E-state index contributed by atoms with van der Waals surface area (Å²) < 4.78 is 0. The summed E-state index contributed by atoms with van der Waals surface area (Å²) >= 11 is 0. The molecule has 0 amide bonds. The second-order valence-corrected chi connectivity index (χ2v) is 5.98. The van der Waals surface area contributed by atoms with E-state index >= 15 is 0 Å². The van der Waals surface area contributed by atoms with E-state index in [0.29, 0.717) is 5.41 Å². The Kier molecular flexibility index (Phi) is 2.96. The van der Waals surface area contributed by atoms with Gasteiger partial charge in [0.05, 0.1) is 0 Å². The zero-order valence-electron chi connectivity index (χ0n) is 10.6. The Hall–Kier alpha value is -0.820. The highest BCUT2D eigenvalue weighted by Crippen LogP contribution is 2.44. The molecule has 0 bridgehead atoms. The zero-order chi connectivity index (χ0) is 11.7. The minimum absolute atomic E-state index is 0.303. The van der Waals surface area contributed by atoms with Gasteiger partial charge in [0.15, 0.2) is 0 Å². The van der Waals surface area contributed by atoms with E-state index < -0.39 is 0 Å². The average Bonchev–Trinajstić information content (AvgIpc) is 3.20. The van der Waals surface area contributed by atoms with E-state index in [2.05, 4.69) is 24.3 Å². The molecule has 0 spiro atoms. The van der Waals surface area contributed by atoms with Crippen molar-refractivity contribution in [2.24, 2.45) is 11.7 Å². The Bertz CT molecular complexity index is 394. The number of hydrogen-bond acceptors (Lipinski definition) is 1. The molecule has 1 aromatic carbocycles. The van der Waals surface area contributed by atoms with Crippen LogP contribution in [0.3, 0.4) is 0 Å². The quantitative estimate of drug-likeness (QED) is 0.841. The Morgan fingerprint density at radius 1 is 1.24 bits per heavy atom. The van der Waals surface area contributed by atoms with Gasteiger partial charge < -0.3 is 5.73 Å². The van der Waals surface area contributed by atoms with Gasteiger partial charge in [-0.1, -0.05) is 37.1 Å². The van der Waals surface area contributed by atoms with Crippen LogP contribution in [0.5, 0.6) is 0 Å². The molecule has 2 aliphatic rings. The molecule has 1 fully saturated rings. The molecule has 17 heavy (non-hydrogen) atoms. The number of aryl methyl sites for hydroxylation is 1. The number of fused-ring (bicyclic) bond motifs is 1. The van der Waals surface area contributed by atoms with Gasteiger partial charge in [0.25, 0.3) is 0 Å². The predicted molar refractivity (Wildman–Crippen MR) is 72.1 cm³/mol. The lowest BCUT2D eigenvalue weighted by molar-refractivity contribution is 0.328. The van der Waals surface area contributed by atoms with Crippen molar-refractivity contribution in [2.75, 3.05) is 6.54 Å². The van der Waals surface area contributed by atoms with Gasteiger partial charge in [-0.2, -0.15) is 0 Å². The molecule has 1 unspecified atom stereocenters. The van der Waals surface area contributed by atoms with Gasteiger partial charge in [-0.05, 0) is 49.1 Å². The molecule has 1 aromatic rings. The van der Waals surface area contributed by atoms with E-state index in [1.54, 1.807) is 11.1 Å². The Morgan fingerprint density at radius 2 is 2.06 bits per heavy atom. The monoisotopic (exact) mass is 229 g/mol. The van der Waals surface area contributed by atoms with Crippen LogP contribution in [0.15, 0.2) is 24.3 Å². The van der Waals surface area contributed by atoms with Crippen molar-refractivity contribution in [2.45, 2.75) is 50.4 Å². The molecule has 92 valence electrons. The van der Waals surface area contributed by atoms with Crippen molar-refractivity contribution in [1.82, 2.24) is 0 Å². The topological polar surface area (TPSA) is 26.0 Å². The van der Waals surface area contributed by atoms with Gasteiger partial charge >= 0.3 is 0 Å². The van der Waals surface area contributed by atoms with Crippen molar-refractivity contribution in [1.29, 1.82) is 0 Å². The first-order valence-corrected chi connectivity index (χ1v) is 7.12. The third-order valence-corrected chi connectivity index (χ3v) is 4.81. The van der Waals surface area contributed by atoms with Crippen LogP contribution in [0.4, 0.5) is 0 Å². The minimum Gasteiger partial charge on any atom is -0.330 e. The van der Waals surface area contributed by atoms with Crippen LogP contribution in [0.1, 0.15) is 49.7 Å². The summed E-state index contributed by atoms with van der Waals surface area (Å²) in [5.74, 6) is 1.02. The number of rotatable bonds is 4. The van der Waals surface area contributed by atoms with Crippen molar-refractivity contribution in [3.63, 3.8) is 0 Å². The third-order valence-electron chi connectivity index (χ3n) is 4.81. The molecule has 0 radical (unpaired) electrons. The highest BCUT2D eigenvalue weighted by Gasteiger charge is 2.36. The zero-order valence-corrected chi connectivity index (χ0v) is 10.6. The molecule has 3 rings (SSSR count). The van der Waals surface area contributed by atoms with E-state index in [4.69, 9.17) is 5.73 Å². The smallest absolute Gasteiger partial charge is 0.00785 e. The summed E-state index contributed by atoms with van der Waals surface area (Å²) in [5, 5.41) is 0. The normalized spacial score (nSPS) is 27.8.